The second-order valence-corrected chi connectivity index (χ2v) is 3.31. The molecule has 0 amide bonds. The van der Waals surface area contributed by atoms with Crippen molar-refractivity contribution in [2.45, 2.75) is 26.2 Å². The van der Waals surface area contributed by atoms with Gasteiger partial charge in [0.05, 0.1) is 0 Å². The second kappa shape index (κ2) is 2.39. The maximum atomic E-state index is 5.14. The van der Waals surface area contributed by atoms with E-state index >= 15 is 0 Å². The summed E-state index contributed by atoms with van der Waals surface area (Å²) in [5.74, 6) is 3.10. The molecule has 0 bridgehead atoms. The summed E-state index contributed by atoms with van der Waals surface area (Å²) in [5.41, 5.74) is -0.123. The molecular formula is C8H10N2O. The molecule has 1 heterocycles. The fraction of sp³-hybridized carbons (Fsp3) is 0.500. The Morgan fingerprint density at radius 2 is 2.00 bits per heavy atom. The molecule has 11 heavy (non-hydrogen) atoms. The Morgan fingerprint density at radius 1 is 1.36 bits per heavy atom. The molecule has 0 N–H and O–H groups in total. The highest BCUT2D eigenvalue weighted by molar-refractivity contribution is 5.11. The predicted octanol–water partition coefficient (Wildman–Crippen LogP) is 1.35. The topological polar surface area (TPSA) is 38.9 Å². The molecule has 0 fully saturated rings. The van der Waals surface area contributed by atoms with Gasteiger partial charge in [-0.15, -0.1) is 11.5 Å². The molecule has 0 aliphatic heterocycles. The molecule has 0 unspecified atom stereocenters. The van der Waals surface area contributed by atoms with Gasteiger partial charge in [0, 0.05) is 5.41 Å². The maximum absolute atomic E-state index is 5.14. The van der Waals surface area contributed by atoms with Crippen LogP contribution in [0.5, 0.6) is 0 Å². The fourth-order valence-corrected chi connectivity index (χ4v) is 0.585. The zero-order valence-corrected chi connectivity index (χ0v) is 6.88. The van der Waals surface area contributed by atoms with E-state index in [2.05, 4.69) is 16.1 Å². The van der Waals surface area contributed by atoms with Crippen LogP contribution in [0.2, 0.25) is 0 Å². The van der Waals surface area contributed by atoms with Gasteiger partial charge >= 0.3 is 0 Å². The van der Waals surface area contributed by atoms with Crippen molar-refractivity contribution in [2.24, 2.45) is 0 Å². The summed E-state index contributed by atoms with van der Waals surface area (Å²) in [6.45, 7) is 5.96. The standard InChI is InChI=1S/C8H10N2O/c1-5-6-9-10-7(11-6)8(2,3)4/h1H,2-4H3. The van der Waals surface area contributed by atoms with Crippen LogP contribution in [-0.4, -0.2) is 10.2 Å². The predicted molar refractivity (Wildman–Crippen MR) is 40.9 cm³/mol. The van der Waals surface area contributed by atoms with Gasteiger partial charge in [0.25, 0.3) is 5.89 Å². The van der Waals surface area contributed by atoms with Crippen molar-refractivity contribution in [1.82, 2.24) is 10.2 Å². The van der Waals surface area contributed by atoms with Crippen LogP contribution in [0, 0.1) is 12.3 Å². The summed E-state index contributed by atoms with van der Waals surface area (Å²) in [6.07, 6.45) is 5.06. The van der Waals surface area contributed by atoms with E-state index in [0.717, 1.165) is 0 Å². The third-order valence-electron chi connectivity index (χ3n) is 1.19. The second-order valence-electron chi connectivity index (χ2n) is 3.31. The molecule has 0 spiro atoms. The van der Waals surface area contributed by atoms with E-state index in [-0.39, 0.29) is 11.3 Å². The molecule has 0 radical (unpaired) electrons. The number of terminal acetylenes is 1. The van der Waals surface area contributed by atoms with Gasteiger partial charge in [0.15, 0.2) is 0 Å². The highest BCUT2D eigenvalue weighted by atomic mass is 16.4. The average molecular weight is 150 g/mol. The Bertz CT molecular complexity index is 288. The van der Waals surface area contributed by atoms with Gasteiger partial charge in [0.2, 0.25) is 5.89 Å². The molecule has 0 saturated heterocycles. The first-order valence-corrected chi connectivity index (χ1v) is 3.34. The molecule has 58 valence electrons. The lowest BCUT2D eigenvalue weighted by Crippen LogP contribution is -2.11. The minimum Gasteiger partial charge on any atom is -0.414 e. The third kappa shape index (κ3) is 1.58. The van der Waals surface area contributed by atoms with Gasteiger partial charge in [-0.3, -0.25) is 0 Å². The van der Waals surface area contributed by atoms with Gasteiger partial charge < -0.3 is 4.42 Å². The fourth-order valence-electron chi connectivity index (χ4n) is 0.585. The van der Waals surface area contributed by atoms with E-state index in [1.807, 2.05) is 20.8 Å². The minimum absolute atomic E-state index is 0.123. The SMILES string of the molecule is C#Cc1nnc(C(C)(C)C)o1. The lowest BCUT2D eigenvalue weighted by molar-refractivity contribution is 0.388. The van der Waals surface area contributed by atoms with Gasteiger partial charge in [-0.1, -0.05) is 25.9 Å². The Morgan fingerprint density at radius 3 is 2.27 bits per heavy atom. The van der Waals surface area contributed by atoms with Crippen LogP contribution in [0.3, 0.4) is 0 Å². The van der Waals surface area contributed by atoms with Crippen LogP contribution in [0.15, 0.2) is 4.42 Å². The summed E-state index contributed by atoms with van der Waals surface area (Å²) in [6, 6.07) is 0. The lowest BCUT2D eigenvalue weighted by atomic mass is 9.97. The Hall–Kier alpha value is -1.30. The molecule has 1 aromatic rings. The molecule has 0 aromatic carbocycles. The Balaban J connectivity index is 3.01. The first-order valence-electron chi connectivity index (χ1n) is 3.34. The van der Waals surface area contributed by atoms with Crippen LogP contribution >= 0.6 is 0 Å². The van der Waals surface area contributed by atoms with Crippen molar-refractivity contribution >= 4 is 0 Å². The number of nitrogens with zero attached hydrogens (tertiary/aromatic N) is 2. The normalized spacial score (nSPS) is 11.1. The van der Waals surface area contributed by atoms with Crippen molar-refractivity contribution in [1.29, 1.82) is 0 Å². The average Bonchev–Trinajstić information content (AvgIpc) is 2.32. The van der Waals surface area contributed by atoms with E-state index in [0.29, 0.717) is 5.89 Å². The van der Waals surface area contributed by atoms with E-state index in [1.54, 1.807) is 0 Å². The van der Waals surface area contributed by atoms with E-state index < -0.39 is 0 Å². The molecule has 0 aliphatic rings. The van der Waals surface area contributed by atoms with Crippen LogP contribution in [0.4, 0.5) is 0 Å². The molecule has 0 saturated carbocycles. The van der Waals surface area contributed by atoms with Crippen LogP contribution in [-0.2, 0) is 5.41 Å². The van der Waals surface area contributed by atoms with Gasteiger partial charge in [-0.05, 0) is 5.92 Å². The van der Waals surface area contributed by atoms with Crippen molar-refractivity contribution in [2.75, 3.05) is 0 Å². The number of rotatable bonds is 0. The Kier molecular flexibility index (Phi) is 1.69. The quantitative estimate of drug-likeness (QED) is 0.524. The molecule has 0 aliphatic carbocycles. The van der Waals surface area contributed by atoms with Crippen molar-refractivity contribution < 1.29 is 4.42 Å². The van der Waals surface area contributed by atoms with Crippen molar-refractivity contribution in [3.8, 4) is 12.3 Å². The third-order valence-corrected chi connectivity index (χ3v) is 1.19. The zero-order valence-electron chi connectivity index (χ0n) is 6.88. The highest BCUT2D eigenvalue weighted by Gasteiger charge is 2.20. The molecule has 0 atom stereocenters. The molecule has 1 rings (SSSR count). The highest BCUT2D eigenvalue weighted by Crippen LogP contribution is 2.19. The van der Waals surface area contributed by atoms with Crippen molar-refractivity contribution in [3.63, 3.8) is 0 Å². The first kappa shape index (κ1) is 7.80. The van der Waals surface area contributed by atoms with Crippen LogP contribution in [0.25, 0.3) is 0 Å². The van der Waals surface area contributed by atoms with Crippen molar-refractivity contribution in [3.05, 3.63) is 11.8 Å². The van der Waals surface area contributed by atoms with E-state index in [1.165, 1.54) is 0 Å². The number of hydrogen-bond donors (Lipinski definition) is 0. The molecule has 3 heteroatoms. The largest absolute Gasteiger partial charge is 0.414 e. The van der Waals surface area contributed by atoms with Crippen LogP contribution < -0.4 is 0 Å². The summed E-state index contributed by atoms with van der Waals surface area (Å²) >= 11 is 0. The smallest absolute Gasteiger partial charge is 0.293 e. The van der Waals surface area contributed by atoms with E-state index in [9.17, 15) is 0 Å². The lowest BCUT2D eigenvalue weighted by Gasteiger charge is -2.10. The number of aromatic nitrogens is 2. The van der Waals surface area contributed by atoms with E-state index in [4.69, 9.17) is 10.8 Å². The molecule has 3 nitrogen and oxygen atoms in total. The molecule has 1 aromatic heterocycles. The van der Waals surface area contributed by atoms with Gasteiger partial charge in [-0.25, -0.2) is 0 Å². The summed E-state index contributed by atoms with van der Waals surface area (Å²) in [4.78, 5) is 0. The minimum atomic E-state index is -0.123. The molecular weight excluding hydrogens is 140 g/mol. The summed E-state index contributed by atoms with van der Waals surface area (Å²) in [5, 5.41) is 7.45. The Labute approximate surface area is 65.8 Å². The van der Waals surface area contributed by atoms with Crippen LogP contribution in [0.1, 0.15) is 32.6 Å². The zero-order chi connectivity index (χ0) is 8.48. The maximum Gasteiger partial charge on any atom is 0.293 e. The summed E-state index contributed by atoms with van der Waals surface area (Å²) < 4.78 is 5.14. The monoisotopic (exact) mass is 150 g/mol. The number of hydrogen-bond acceptors (Lipinski definition) is 3. The van der Waals surface area contributed by atoms with Gasteiger partial charge in [0.1, 0.15) is 0 Å². The first-order chi connectivity index (χ1) is 5.04. The summed E-state index contributed by atoms with van der Waals surface area (Å²) in [7, 11) is 0. The van der Waals surface area contributed by atoms with Gasteiger partial charge in [-0.2, -0.15) is 0 Å².